The van der Waals surface area contributed by atoms with Gasteiger partial charge in [0.2, 0.25) is 5.75 Å². The van der Waals surface area contributed by atoms with E-state index >= 15 is 0 Å². The third kappa shape index (κ3) is 6.38. The molecule has 0 spiro atoms. The molecule has 0 bridgehead atoms. The smallest absolute Gasteiger partial charge is 0.276 e. The molecular weight excluding hydrogens is 489 g/mol. The lowest BCUT2D eigenvalue weighted by atomic mass is 9.76. The number of aromatic nitrogens is 2. The van der Waals surface area contributed by atoms with Crippen LogP contribution in [0.5, 0.6) is 11.6 Å². The fraction of sp³-hybridized carbons (Fsp3) is 0.577. The first-order valence-electron chi connectivity index (χ1n) is 12.3. The predicted octanol–water partition coefficient (Wildman–Crippen LogP) is 5.57. The third-order valence-corrected chi connectivity index (χ3v) is 7.19. The van der Waals surface area contributed by atoms with Crippen LogP contribution in [0.4, 0.5) is 0 Å². The molecule has 0 aliphatic heterocycles. The first-order valence-corrected chi connectivity index (χ1v) is 13.1. The molecule has 1 fully saturated rings. The first-order chi connectivity index (χ1) is 16.7. The van der Waals surface area contributed by atoms with E-state index in [2.05, 4.69) is 9.97 Å². The number of aromatic hydroxyl groups is 1. The van der Waals surface area contributed by atoms with Crippen LogP contribution in [0.3, 0.4) is 0 Å². The zero-order chi connectivity index (χ0) is 25.6. The highest BCUT2D eigenvalue weighted by Crippen LogP contribution is 2.47. The monoisotopic (exact) mass is 523 g/mol. The second-order valence-corrected chi connectivity index (χ2v) is 10.3. The summed E-state index contributed by atoms with van der Waals surface area (Å²) in [6, 6.07) is 5.28. The summed E-state index contributed by atoms with van der Waals surface area (Å²) >= 11 is 12.9. The Kier molecular flexibility index (Phi) is 9.62. The molecule has 3 rings (SSSR count). The standard InChI is InChI=1S/C26H35Cl2N3O4/c1-4-5-14-35-23-22(25(34)31(12-13-32)17(2)3)29-21(30-24(23)33)16-26(10-6-7-11-26)19-15-18(27)8-9-20(19)28/h8-9,15,17,32H,4-7,10-14,16H2,1-3H3,(H,29,30,33). The molecule has 1 heterocycles. The number of hydrogen-bond acceptors (Lipinski definition) is 6. The Balaban J connectivity index is 2.06. The van der Waals surface area contributed by atoms with Gasteiger partial charge in [-0.15, -0.1) is 0 Å². The summed E-state index contributed by atoms with van der Waals surface area (Å²) in [6.45, 7) is 6.04. The Hall–Kier alpha value is -2.09. The van der Waals surface area contributed by atoms with E-state index in [1.54, 1.807) is 12.1 Å². The zero-order valence-corrected chi connectivity index (χ0v) is 22.2. The predicted molar refractivity (Wildman–Crippen MR) is 138 cm³/mol. The van der Waals surface area contributed by atoms with Gasteiger partial charge in [-0.25, -0.2) is 4.98 Å². The van der Waals surface area contributed by atoms with Crippen molar-refractivity contribution in [3.05, 3.63) is 45.3 Å². The largest absolute Gasteiger partial charge is 0.491 e. The highest BCUT2D eigenvalue weighted by Gasteiger charge is 2.39. The van der Waals surface area contributed by atoms with Crippen molar-refractivity contribution >= 4 is 29.1 Å². The van der Waals surface area contributed by atoms with E-state index in [-0.39, 0.29) is 41.9 Å². The van der Waals surface area contributed by atoms with Crippen molar-refractivity contribution in [2.75, 3.05) is 19.8 Å². The van der Waals surface area contributed by atoms with Crippen LogP contribution >= 0.6 is 23.2 Å². The van der Waals surface area contributed by atoms with Gasteiger partial charge < -0.3 is 19.8 Å². The van der Waals surface area contributed by atoms with Gasteiger partial charge in [-0.1, -0.05) is 49.4 Å². The van der Waals surface area contributed by atoms with Crippen LogP contribution in [0.25, 0.3) is 0 Å². The van der Waals surface area contributed by atoms with E-state index in [1.807, 2.05) is 26.8 Å². The molecule has 35 heavy (non-hydrogen) atoms. The molecule has 1 aliphatic rings. The van der Waals surface area contributed by atoms with E-state index in [1.165, 1.54) is 4.90 Å². The van der Waals surface area contributed by atoms with Crippen molar-refractivity contribution in [3.8, 4) is 11.6 Å². The number of nitrogens with zero attached hydrogens (tertiary/aromatic N) is 3. The van der Waals surface area contributed by atoms with Gasteiger partial charge >= 0.3 is 0 Å². The lowest BCUT2D eigenvalue weighted by molar-refractivity contribution is 0.0652. The van der Waals surface area contributed by atoms with Gasteiger partial charge in [-0.3, -0.25) is 4.79 Å². The Labute approximate surface area is 217 Å². The van der Waals surface area contributed by atoms with Crippen LogP contribution in [0, 0.1) is 0 Å². The molecule has 1 amide bonds. The number of carbonyl (C=O) groups excluding carboxylic acids is 1. The minimum absolute atomic E-state index is 0.0103. The second-order valence-electron chi connectivity index (χ2n) is 9.45. The third-order valence-electron chi connectivity index (χ3n) is 6.62. The number of ether oxygens (including phenoxy) is 1. The number of rotatable bonds is 11. The molecule has 0 unspecified atom stereocenters. The van der Waals surface area contributed by atoms with Gasteiger partial charge in [-0.05, 0) is 56.9 Å². The van der Waals surface area contributed by atoms with Crippen LogP contribution in [0.1, 0.15) is 81.2 Å². The molecule has 1 aliphatic carbocycles. The average Bonchev–Trinajstić information content (AvgIpc) is 3.29. The maximum absolute atomic E-state index is 13.5. The molecule has 0 atom stereocenters. The Morgan fingerprint density at radius 1 is 1.23 bits per heavy atom. The summed E-state index contributed by atoms with van der Waals surface area (Å²) in [6.07, 6.45) is 5.85. The molecule has 2 N–H and O–H groups in total. The number of aliphatic hydroxyl groups is 1. The first kappa shape index (κ1) is 27.5. The molecule has 9 heteroatoms. The number of amides is 1. The van der Waals surface area contributed by atoms with Gasteiger partial charge in [0.1, 0.15) is 5.82 Å². The number of halogens is 2. The second kappa shape index (κ2) is 12.2. The quantitative estimate of drug-likeness (QED) is 0.374. The molecule has 7 nitrogen and oxygen atoms in total. The van der Waals surface area contributed by atoms with E-state index in [4.69, 9.17) is 27.9 Å². The van der Waals surface area contributed by atoms with Crippen LogP contribution < -0.4 is 4.74 Å². The number of unbranched alkanes of at least 4 members (excludes halogenated alkanes) is 1. The van der Waals surface area contributed by atoms with Crippen molar-refractivity contribution in [1.29, 1.82) is 0 Å². The van der Waals surface area contributed by atoms with Gasteiger partial charge in [0.25, 0.3) is 11.8 Å². The number of hydrogen-bond donors (Lipinski definition) is 2. The fourth-order valence-corrected chi connectivity index (χ4v) is 5.29. The van der Waals surface area contributed by atoms with Crippen LogP contribution in [-0.2, 0) is 11.8 Å². The minimum Gasteiger partial charge on any atom is -0.491 e. The topological polar surface area (TPSA) is 95.8 Å². The maximum atomic E-state index is 13.5. The maximum Gasteiger partial charge on any atom is 0.276 e. The molecule has 1 aromatic carbocycles. The molecule has 1 aromatic heterocycles. The van der Waals surface area contributed by atoms with Gasteiger partial charge in [0.05, 0.1) is 13.2 Å². The molecule has 192 valence electrons. The van der Waals surface area contributed by atoms with Gasteiger partial charge in [0, 0.05) is 34.5 Å². The Bertz CT molecular complexity index is 1030. The van der Waals surface area contributed by atoms with Crippen LogP contribution in [0.2, 0.25) is 10.0 Å². The Morgan fingerprint density at radius 2 is 1.94 bits per heavy atom. The molecule has 1 saturated carbocycles. The number of aliphatic hydroxyl groups excluding tert-OH is 1. The number of carbonyl (C=O) groups is 1. The summed E-state index contributed by atoms with van der Waals surface area (Å²) in [5, 5.41) is 21.6. The zero-order valence-electron chi connectivity index (χ0n) is 20.7. The van der Waals surface area contributed by atoms with Gasteiger partial charge in [0.15, 0.2) is 5.69 Å². The van der Waals surface area contributed by atoms with Crippen molar-refractivity contribution in [1.82, 2.24) is 14.9 Å². The van der Waals surface area contributed by atoms with E-state index in [0.29, 0.717) is 28.9 Å². The van der Waals surface area contributed by atoms with Crippen LogP contribution in [-0.4, -0.2) is 56.8 Å². The van der Waals surface area contributed by atoms with E-state index in [9.17, 15) is 15.0 Å². The van der Waals surface area contributed by atoms with Gasteiger partial charge in [-0.2, -0.15) is 4.98 Å². The lowest BCUT2D eigenvalue weighted by Gasteiger charge is -2.31. The van der Waals surface area contributed by atoms with Crippen molar-refractivity contribution in [3.63, 3.8) is 0 Å². The fourth-order valence-electron chi connectivity index (χ4n) is 4.80. The van der Waals surface area contributed by atoms with E-state index < -0.39 is 5.91 Å². The summed E-state index contributed by atoms with van der Waals surface area (Å²) < 4.78 is 5.78. The SMILES string of the molecule is CCCCOc1c(O)nc(CC2(c3cc(Cl)ccc3Cl)CCCC2)nc1C(=O)N(CCO)C(C)C. The summed E-state index contributed by atoms with van der Waals surface area (Å²) in [7, 11) is 0. The number of benzene rings is 1. The lowest BCUT2D eigenvalue weighted by Crippen LogP contribution is -2.40. The van der Waals surface area contributed by atoms with Crippen LogP contribution in [0.15, 0.2) is 18.2 Å². The average molecular weight is 524 g/mol. The Morgan fingerprint density at radius 3 is 2.57 bits per heavy atom. The summed E-state index contributed by atoms with van der Waals surface area (Å²) in [5.41, 5.74) is 0.603. The molecule has 0 radical (unpaired) electrons. The molecular formula is C26H35Cl2N3O4. The summed E-state index contributed by atoms with van der Waals surface area (Å²) in [4.78, 5) is 24.0. The van der Waals surface area contributed by atoms with Crippen molar-refractivity contribution in [2.45, 2.75) is 77.2 Å². The minimum atomic E-state index is -0.416. The van der Waals surface area contributed by atoms with Crippen molar-refractivity contribution < 1.29 is 19.7 Å². The summed E-state index contributed by atoms with van der Waals surface area (Å²) in [5.74, 6) is -0.440. The highest BCUT2D eigenvalue weighted by molar-refractivity contribution is 6.33. The van der Waals surface area contributed by atoms with Crippen molar-refractivity contribution in [2.24, 2.45) is 0 Å². The molecule has 2 aromatic rings. The van der Waals surface area contributed by atoms with E-state index in [0.717, 1.165) is 44.1 Å². The normalized spacial score (nSPS) is 14.9. The molecule has 0 saturated heterocycles. The highest BCUT2D eigenvalue weighted by atomic mass is 35.5.